The van der Waals surface area contributed by atoms with Gasteiger partial charge in [-0.15, -0.1) is 11.3 Å². The number of benzene rings is 1. The van der Waals surface area contributed by atoms with Crippen LogP contribution in [0.1, 0.15) is 28.8 Å². The van der Waals surface area contributed by atoms with Gasteiger partial charge in [0.15, 0.2) is 0 Å². The number of ether oxygens (including phenoxy) is 1. The predicted molar refractivity (Wildman–Crippen MR) is 118 cm³/mol. The molecule has 1 aliphatic rings. The number of hydrogen-bond acceptors (Lipinski definition) is 4. The average Bonchev–Trinajstić information content (AvgIpc) is 3.13. The van der Waals surface area contributed by atoms with E-state index in [1.165, 1.54) is 23.0 Å². The van der Waals surface area contributed by atoms with Crippen molar-refractivity contribution >= 4 is 28.8 Å². The molecule has 29 heavy (non-hydrogen) atoms. The topological polar surface area (TPSA) is 42.4 Å². The number of amides is 1. The molecule has 0 spiro atoms. The van der Waals surface area contributed by atoms with Gasteiger partial charge in [-0.3, -0.25) is 4.79 Å². The molecule has 1 aliphatic heterocycles. The van der Waals surface area contributed by atoms with E-state index in [0.717, 1.165) is 25.9 Å². The molecule has 4 nitrogen and oxygen atoms in total. The van der Waals surface area contributed by atoms with E-state index in [0.29, 0.717) is 25.6 Å². The molecule has 0 aliphatic carbocycles. The summed E-state index contributed by atoms with van der Waals surface area (Å²) in [7, 11) is 0. The number of fused-ring (bicyclic) bond motifs is 1. The highest BCUT2D eigenvalue weighted by Gasteiger charge is 2.32. The van der Waals surface area contributed by atoms with Crippen molar-refractivity contribution in [3.63, 3.8) is 0 Å². The fourth-order valence-electron chi connectivity index (χ4n) is 3.84. The van der Waals surface area contributed by atoms with Crippen LogP contribution in [0.2, 0.25) is 4.34 Å². The summed E-state index contributed by atoms with van der Waals surface area (Å²) >= 11 is 7.89. The van der Waals surface area contributed by atoms with Crippen LogP contribution in [0.3, 0.4) is 0 Å². The molecule has 0 unspecified atom stereocenters. The van der Waals surface area contributed by atoms with E-state index in [1.807, 2.05) is 42.2 Å². The molecular weight excluding hydrogens is 404 g/mol. The maximum atomic E-state index is 12.4. The van der Waals surface area contributed by atoms with Gasteiger partial charge in [0.05, 0.1) is 17.5 Å². The quantitative estimate of drug-likeness (QED) is 0.506. The van der Waals surface area contributed by atoms with E-state index in [-0.39, 0.29) is 11.8 Å². The first-order chi connectivity index (χ1) is 14.1. The van der Waals surface area contributed by atoms with Gasteiger partial charge in [-0.25, -0.2) is 4.98 Å². The first-order valence-corrected chi connectivity index (χ1v) is 10.7. The third-order valence-corrected chi connectivity index (χ3v) is 6.35. The third kappa shape index (κ3) is 3.80. The van der Waals surface area contributed by atoms with Crippen molar-refractivity contribution in [3.8, 4) is 17.0 Å². The molecule has 0 bridgehead atoms. The van der Waals surface area contributed by atoms with Gasteiger partial charge in [-0.1, -0.05) is 42.4 Å². The van der Waals surface area contributed by atoms with Crippen molar-refractivity contribution in [3.05, 3.63) is 81.7 Å². The zero-order valence-corrected chi connectivity index (χ0v) is 17.7. The average molecular weight is 425 g/mol. The second kappa shape index (κ2) is 8.39. The van der Waals surface area contributed by atoms with Gasteiger partial charge in [0, 0.05) is 29.1 Å². The highest BCUT2D eigenvalue weighted by molar-refractivity contribution is 7.16. The third-order valence-electron chi connectivity index (χ3n) is 5.09. The lowest BCUT2D eigenvalue weighted by Crippen LogP contribution is -2.37. The van der Waals surface area contributed by atoms with Crippen LogP contribution in [-0.2, 0) is 11.3 Å². The summed E-state index contributed by atoms with van der Waals surface area (Å²) in [6.45, 7) is 7.28. The first kappa shape index (κ1) is 19.7. The van der Waals surface area contributed by atoms with E-state index in [4.69, 9.17) is 16.3 Å². The lowest BCUT2D eigenvalue weighted by Gasteiger charge is -2.33. The van der Waals surface area contributed by atoms with Gasteiger partial charge < -0.3 is 9.64 Å². The van der Waals surface area contributed by atoms with Gasteiger partial charge >= 0.3 is 0 Å². The monoisotopic (exact) mass is 424 g/mol. The normalized spacial score (nSPS) is 15.7. The van der Waals surface area contributed by atoms with Crippen molar-refractivity contribution in [1.29, 1.82) is 0 Å². The minimum Gasteiger partial charge on any atom is -0.478 e. The van der Waals surface area contributed by atoms with E-state index in [2.05, 4.69) is 23.7 Å². The largest absolute Gasteiger partial charge is 0.478 e. The number of thiophene rings is 1. The molecular formula is C23H21ClN2O2S. The summed E-state index contributed by atoms with van der Waals surface area (Å²) in [4.78, 5) is 19.8. The van der Waals surface area contributed by atoms with Crippen LogP contribution in [0.5, 0.6) is 5.88 Å². The molecule has 3 aromatic rings. The number of pyridine rings is 1. The maximum Gasteiger partial charge on any atom is 0.246 e. The Labute approximate surface area is 179 Å². The number of rotatable bonds is 5. The summed E-state index contributed by atoms with van der Waals surface area (Å²) in [5.74, 6) is 0.553. The maximum absolute atomic E-state index is 12.4. The zero-order valence-electron chi connectivity index (χ0n) is 16.1. The standard InChI is InChI=1S/C23H21ClN2O2S/c1-3-22(27)26-13-19(18-12-21(24)29-20(18)14-26)16-9-6-5-8-15(16)17-10-7-11-25-23(17)28-4-2/h3,5-12,19H,1,4,13-14H2,2H3/t19-/m1/s1. The Morgan fingerprint density at radius 1 is 1.31 bits per heavy atom. The van der Waals surface area contributed by atoms with Crippen molar-refractivity contribution < 1.29 is 9.53 Å². The number of hydrogen-bond donors (Lipinski definition) is 0. The van der Waals surface area contributed by atoms with Crippen LogP contribution in [0, 0.1) is 0 Å². The van der Waals surface area contributed by atoms with Gasteiger partial charge in [0.25, 0.3) is 0 Å². The number of halogens is 1. The van der Waals surface area contributed by atoms with Crippen LogP contribution in [0.15, 0.2) is 61.3 Å². The van der Waals surface area contributed by atoms with Gasteiger partial charge in [0.1, 0.15) is 0 Å². The van der Waals surface area contributed by atoms with Crippen LogP contribution in [-0.4, -0.2) is 28.9 Å². The fraction of sp³-hybridized carbons (Fsp3) is 0.217. The molecule has 0 radical (unpaired) electrons. The van der Waals surface area contributed by atoms with E-state index >= 15 is 0 Å². The SMILES string of the molecule is C=CC(=O)N1Cc2sc(Cl)cc2[C@@H](c2ccccc2-c2cccnc2OCC)C1. The first-order valence-electron chi connectivity index (χ1n) is 9.49. The van der Waals surface area contributed by atoms with Gasteiger partial charge in [0.2, 0.25) is 11.8 Å². The number of aromatic nitrogens is 1. The summed E-state index contributed by atoms with van der Waals surface area (Å²) in [5.41, 5.74) is 4.30. The highest BCUT2D eigenvalue weighted by Crippen LogP contribution is 2.43. The second-order valence-corrected chi connectivity index (χ2v) is 8.55. The Morgan fingerprint density at radius 2 is 2.10 bits per heavy atom. The smallest absolute Gasteiger partial charge is 0.246 e. The molecule has 0 fully saturated rings. The Balaban J connectivity index is 1.85. The molecule has 0 saturated heterocycles. The zero-order chi connectivity index (χ0) is 20.4. The molecule has 3 heterocycles. The minimum atomic E-state index is -0.0703. The molecule has 1 aromatic carbocycles. The molecule has 1 amide bonds. The lowest BCUT2D eigenvalue weighted by atomic mass is 9.84. The molecule has 0 saturated carbocycles. The van der Waals surface area contributed by atoms with Crippen LogP contribution < -0.4 is 4.74 Å². The molecule has 1 atom stereocenters. The second-order valence-electron chi connectivity index (χ2n) is 6.78. The Kier molecular flexibility index (Phi) is 5.69. The molecule has 148 valence electrons. The summed E-state index contributed by atoms with van der Waals surface area (Å²) in [6, 6.07) is 14.2. The van der Waals surface area contributed by atoms with Crippen molar-refractivity contribution in [1.82, 2.24) is 9.88 Å². The Bertz CT molecular complexity index is 1060. The molecule has 4 rings (SSSR count). The number of carbonyl (C=O) groups is 1. The molecule has 6 heteroatoms. The van der Waals surface area contributed by atoms with Crippen LogP contribution in [0.25, 0.3) is 11.1 Å². The molecule has 2 aromatic heterocycles. The Morgan fingerprint density at radius 3 is 2.90 bits per heavy atom. The van der Waals surface area contributed by atoms with E-state index in [9.17, 15) is 4.79 Å². The van der Waals surface area contributed by atoms with Crippen molar-refractivity contribution in [2.45, 2.75) is 19.4 Å². The van der Waals surface area contributed by atoms with Crippen molar-refractivity contribution in [2.75, 3.05) is 13.2 Å². The Hall–Kier alpha value is -2.63. The summed E-state index contributed by atoms with van der Waals surface area (Å²) in [6.07, 6.45) is 3.11. The fourth-order valence-corrected chi connectivity index (χ4v) is 5.20. The van der Waals surface area contributed by atoms with E-state index < -0.39 is 0 Å². The van der Waals surface area contributed by atoms with Gasteiger partial charge in [-0.2, -0.15) is 0 Å². The van der Waals surface area contributed by atoms with Crippen LogP contribution in [0.4, 0.5) is 0 Å². The lowest BCUT2D eigenvalue weighted by molar-refractivity contribution is -0.127. The summed E-state index contributed by atoms with van der Waals surface area (Å²) < 4.78 is 6.51. The van der Waals surface area contributed by atoms with E-state index in [1.54, 1.807) is 6.20 Å². The highest BCUT2D eigenvalue weighted by atomic mass is 35.5. The number of carbonyl (C=O) groups excluding carboxylic acids is 1. The van der Waals surface area contributed by atoms with Crippen molar-refractivity contribution in [2.24, 2.45) is 0 Å². The number of nitrogens with zero attached hydrogens (tertiary/aromatic N) is 2. The van der Waals surface area contributed by atoms with Gasteiger partial charge in [-0.05, 0) is 47.9 Å². The molecule has 0 N–H and O–H groups in total. The summed E-state index contributed by atoms with van der Waals surface area (Å²) in [5, 5.41) is 0. The van der Waals surface area contributed by atoms with Crippen LogP contribution >= 0.6 is 22.9 Å². The minimum absolute atomic E-state index is 0.0114. The predicted octanol–water partition coefficient (Wildman–Crippen LogP) is 5.52.